The molecular formula is C15H21N3. The van der Waals surface area contributed by atoms with Crippen LogP contribution in [0, 0.1) is 20.8 Å². The van der Waals surface area contributed by atoms with Crippen LogP contribution in [0.15, 0.2) is 24.3 Å². The maximum Gasteiger partial charge on any atom is 0.0678 e. The van der Waals surface area contributed by atoms with Crippen LogP contribution in [-0.2, 0) is 6.42 Å². The van der Waals surface area contributed by atoms with E-state index in [1.165, 1.54) is 22.5 Å². The third-order valence-corrected chi connectivity index (χ3v) is 3.41. The van der Waals surface area contributed by atoms with E-state index in [1.807, 2.05) is 7.05 Å². The molecule has 18 heavy (non-hydrogen) atoms. The Morgan fingerprint density at radius 3 is 2.56 bits per heavy atom. The summed E-state index contributed by atoms with van der Waals surface area (Å²) in [4.78, 5) is 0. The zero-order valence-electron chi connectivity index (χ0n) is 11.6. The fourth-order valence-corrected chi connectivity index (χ4v) is 2.32. The van der Waals surface area contributed by atoms with Gasteiger partial charge in [-0.15, -0.1) is 0 Å². The molecule has 0 unspecified atom stereocenters. The third kappa shape index (κ3) is 2.31. The number of hydrogen-bond donors (Lipinski definition) is 1. The van der Waals surface area contributed by atoms with Gasteiger partial charge in [-0.2, -0.15) is 5.10 Å². The molecular weight excluding hydrogens is 222 g/mol. The first kappa shape index (κ1) is 12.8. The Morgan fingerprint density at radius 1 is 1.17 bits per heavy atom. The van der Waals surface area contributed by atoms with Gasteiger partial charge in [-0.3, -0.25) is 0 Å². The van der Waals surface area contributed by atoms with Crippen molar-refractivity contribution in [2.24, 2.45) is 0 Å². The smallest absolute Gasteiger partial charge is 0.0678 e. The summed E-state index contributed by atoms with van der Waals surface area (Å²) >= 11 is 0. The largest absolute Gasteiger partial charge is 0.319 e. The van der Waals surface area contributed by atoms with Crippen LogP contribution in [0.1, 0.15) is 22.5 Å². The molecule has 0 radical (unpaired) electrons. The lowest BCUT2D eigenvalue weighted by Crippen LogP contribution is -2.11. The summed E-state index contributed by atoms with van der Waals surface area (Å²) in [6.45, 7) is 7.35. The lowest BCUT2D eigenvalue weighted by molar-refractivity contribution is 0.783. The van der Waals surface area contributed by atoms with Gasteiger partial charge < -0.3 is 5.32 Å². The summed E-state index contributed by atoms with van der Waals surface area (Å²) in [6.07, 6.45) is 1.03. The van der Waals surface area contributed by atoms with Crippen LogP contribution >= 0.6 is 0 Å². The predicted octanol–water partition coefficient (Wildman–Crippen LogP) is 2.56. The van der Waals surface area contributed by atoms with Crippen LogP contribution in [0.4, 0.5) is 0 Å². The molecule has 2 aromatic rings. The van der Waals surface area contributed by atoms with Gasteiger partial charge in [0, 0.05) is 5.69 Å². The maximum absolute atomic E-state index is 4.68. The zero-order valence-corrected chi connectivity index (χ0v) is 11.6. The highest BCUT2D eigenvalue weighted by molar-refractivity contribution is 5.42. The second-order valence-electron chi connectivity index (χ2n) is 4.70. The first-order valence-electron chi connectivity index (χ1n) is 6.41. The third-order valence-electron chi connectivity index (χ3n) is 3.41. The molecule has 0 bridgehead atoms. The number of benzene rings is 1. The molecule has 0 fully saturated rings. The van der Waals surface area contributed by atoms with Crippen LogP contribution in [-0.4, -0.2) is 23.4 Å². The van der Waals surface area contributed by atoms with E-state index in [-0.39, 0.29) is 0 Å². The van der Waals surface area contributed by atoms with Crippen LogP contribution < -0.4 is 5.32 Å². The summed E-state index contributed by atoms with van der Waals surface area (Å²) in [5.74, 6) is 0. The van der Waals surface area contributed by atoms with E-state index in [4.69, 9.17) is 0 Å². The Bertz CT molecular complexity index is 541. The minimum absolute atomic E-state index is 0.987. The molecule has 3 heteroatoms. The van der Waals surface area contributed by atoms with Crippen molar-refractivity contribution >= 4 is 0 Å². The normalized spacial score (nSPS) is 10.9. The van der Waals surface area contributed by atoms with Crippen molar-refractivity contribution in [2.75, 3.05) is 13.6 Å². The molecule has 1 heterocycles. The summed E-state index contributed by atoms with van der Waals surface area (Å²) in [7, 11) is 1.98. The van der Waals surface area contributed by atoms with Crippen molar-refractivity contribution in [1.29, 1.82) is 0 Å². The Morgan fingerprint density at radius 2 is 1.89 bits per heavy atom. The molecule has 96 valence electrons. The minimum atomic E-state index is 0.987. The molecule has 0 aliphatic carbocycles. The summed E-state index contributed by atoms with van der Waals surface area (Å²) in [6, 6.07) is 8.37. The molecule has 0 aliphatic rings. The SMILES string of the molecule is CNCCc1c(C)nn(-c2ccccc2C)c1C. The van der Waals surface area contributed by atoms with Gasteiger partial charge in [-0.25, -0.2) is 4.68 Å². The van der Waals surface area contributed by atoms with E-state index in [1.54, 1.807) is 0 Å². The second kappa shape index (κ2) is 5.36. The first-order chi connectivity index (χ1) is 8.65. The average Bonchev–Trinajstić information content (AvgIpc) is 2.63. The molecule has 0 spiro atoms. The highest BCUT2D eigenvalue weighted by atomic mass is 15.3. The highest BCUT2D eigenvalue weighted by Gasteiger charge is 2.13. The Labute approximate surface area is 109 Å². The van der Waals surface area contributed by atoms with Crippen molar-refractivity contribution in [1.82, 2.24) is 15.1 Å². The number of likely N-dealkylation sites (N-methyl/N-ethyl adjacent to an activating group) is 1. The van der Waals surface area contributed by atoms with Crippen LogP contribution in [0.3, 0.4) is 0 Å². The Hall–Kier alpha value is -1.61. The fraction of sp³-hybridized carbons (Fsp3) is 0.400. The van der Waals surface area contributed by atoms with E-state index < -0.39 is 0 Å². The molecule has 0 saturated heterocycles. The summed E-state index contributed by atoms with van der Waals surface area (Å²) in [5.41, 5.74) is 6.16. The topological polar surface area (TPSA) is 29.9 Å². The fourth-order valence-electron chi connectivity index (χ4n) is 2.32. The van der Waals surface area contributed by atoms with Crippen molar-refractivity contribution in [2.45, 2.75) is 27.2 Å². The molecule has 1 N–H and O–H groups in total. The summed E-state index contributed by atoms with van der Waals surface area (Å²) in [5, 5.41) is 7.88. The summed E-state index contributed by atoms with van der Waals surface area (Å²) < 4.78 is 2.07. The second-order valence-corrected chi connectivity index (χ2v) is 4.70. The standard InChI is InChI=1S/C15H21N3/c1-11-7-5-6-8-15(11)18-13(3)14(9-10-16-4)12(2)17-18/h5-8,16H,9-10H2,1-4H3. The molecule has 1 aromatic heterocycles. The maximum atomic E-state index is 4.68. The quantitative estimate of drug-likeness (QED) is 0.894. The van der Waals surface area contributed by atoms with E-state index in [2.05, 4.69) is 60.1 Å². The number of aromatic nitrogens is 2. The van der Waals surface area contributed by atoms with E-state index in [0.29, 0.717) is 0 Å². The van der Waals surface area contributed by atoms with Gasteiger partial charge >= 0.3 is 0 Å². The van der Waals surface area contributed by atoms with Crippen LogP contribution in [0.5, 0.6) is 0 Å². The van der Waals surface area contributed by atoms with E-state index >= 15 is 0 Å². The molecule has 0 aliphatic heterocycles. The lowest BCUT2D eigenvalue weighted by atomic mass is 10.1. The first-order valence-corrected chi connectivity index (χ1v) is 6.41. The molecule has 3 nitrogen and oxygen atoms in total. The van der Waals surface area contributed by atoms with E-state index in [9.17, 15) is 0 Å². The van der Waals surface area contributed by atoms with Gasteiger partial charge in [0.1, 0.15) is 0 Å². The van der Waals surface area contributed by atoms with Gasteiger partial charge in [0.2, 0.25) is 0 Å². The monoisotopic (exact) mass is 243 g/mol. The predicted molar refractivity (Wildman–Crippen MR) is 75.4 cm³/mol. The minimum Gasteiger partial charge on any atom is -0.319 e. The zero-order chi connectivity index (χ0) is 13.1. The molecule has 0 amide bonds. The number of nitrogens with one attached hydrogen (secondary N) is 1. The number of aryl methyl sites for hydroxylation is 2. The highest BCUT2D eigenvalue weighted by Crippen LogP contribution is 2.20. The number of rotatable bonds is 4. The van der Waals surface area contributed by atoms with Crippen molar-refractivity contribution in [3.05, 3.63) is 46.8 Å². The van der Waals surface area contributed by atoms with Crippen molar-refractivity contribution in [3.8, 4) is 5.69 Å². The molecule has 0 atom stereocenters. The Kier molecular flexibility index (Phi) is 3.82. The van der Waals surface area contributed by atoms with Gasteiger partial charge in [-0.05, 0) is 58.0 Å². The molecule has 1 aromatic carbocycles. The van der Waals surface area contributed by atoms with Crippen molar-refractivity contribution < 1.29 is 0 Å². The molecule has 0 saturated carbocycles. The van der Waals surface area contributed by atoms with Crippen LogP contribution in [0.25, 0.3) is 5.69 Å². The van der Waals surface area contributed by atoms with Gasteiger partial charge in [0.15, 0.2) is 0 Å². The number of hydrogen-bond acceptors (Lipinski definition) is 2. The van der Waals surface area contributed by atoms with Gasteiger partial charge in [0.25, 0.3) is 0 Å². The van der Waals surface area contributed by atoms with Crippen LogP contribution in [0.2, 0.25) is 0 Å². The number of nitrogens with zero attached hydrogens (tertiary/aromatic N) is 2. The van der Waals surface area contributed by atoms with E-state index in [0.717, 1.165) is 18.7 Å². The van der Waals surface area contributed by atoms with Gasteiger partial charge in [0.05, 0.1) is 11.4 Å². The molecule has 2 rings (SSSR count). The van der Waals surface area contributed by atoms with Gasteiger partial charge in [-0.1, -0.05) is 18.2 Å². The van der Waals surface area contributed by atoms with Crippen molar-refractivity contribution in [3.63, 3.8) is 0 Å². The Balaban J connectivity index is 2.44. The lowest BCUT2D eigenvalue weighted by Gasteiger charge is -2.08. The number of para-hydroxylation sites is 1. The average molecular weight is 243 g/mol.